The Bertz CT molecular complexity index is 1300. The number of aryl methyl sites for hydroxylation is 1. The summed E-state index contributed by atoms with van der Waals surface area (Å²) in [7, 11) is -1.31. The molecule has 10 heteroatoms. The number of nitrogens with zero attached hydrogens (tertiary/aromatic N) is 1. The highest BCUT2D eigenvalue weighted by molar-refractivity contribution is 7.93. The number of hydrogen-bond donors (Lipinski definition) is 1. The van der Waals surface area contributed by atoms with E-state index in [1.807, 2.05) is 6.92 Å². The van der Waals surface area contributed by atoms with Crippen molar-refractivity contribution < 1.29 is 27.4 Å². The predicted octanol–water partition coefficient (Wildman–Crippen LogP) is 4.90. The molecule has 1 amide bonds. The smallest absolute Gasteiger partial charge is 0.268 e. The number of hydrogen-bond acceptors (Lipinski definition) is 6. The van der Waals surface area contributed by atoms with Crippen molar-refractivity contribution in [3.05, 3.63) is 71.2 Å². The van der Waals surface area contributed by atoms with Crippen LogP contribution in [0, 0.1) is 6.92 Å². The lowest BCUT2D eigenvalue weighted by molar-refractivity contribution is -0.114. The van der Waals surface area contributed by atoms with Crippen LogP contribution >= 0.6 is 11.6 Å². The molecule has 0 aliphatic rings. The molecule has 0 fully saturated rings. The highest BCUT2D eigenvalue weighted by Crippen LogP contribution is 2.32. The Morgan fingerprint density at radius 2 is 1.63 bits per heavy atom. The molecule has 186 valence electrons. The summed E-state index contributed by atoms with van der Waals surface area (Å²) >= 11 is 6.15. The summed E-state index contributed by atoms with van der Waals surface area (Å²) in [6.45, 7) is 3.61. The first-order chi connectivity index (χ1) is 16.7. The molecular weight excluding hydrogens is 492 g/mol. The number of benzene rings is 3. The summed E-state index contributed by atoms with van der Waals surface area (Å²) in [5.41, 5.74) is 1.42. The monoisotopic (exact) mass is 518 g/mol. The van der Waals surface area contributed by atoms with Crippen LogP contribution in [0.1, 0.15) is 12.5 Å². The summed E-state index contributed by atoms with van der Waals surface area (Å²) in [4.78, 5) is 12.9. The molecule has 0 unspecified atom stereocenters. The summed E-state index contributed by atoms with van der Waals surface area (Å²) in [5, 5.41) is 3.00. The molecule has 0 saturated heterocycles. The SMILES string of the molecule is CCOc1ccc(N(CC(=O)Nc2ccc(OC)c(Cl)c2)S(=O)(=O)c2cc(C)ccc2OC)cc1. The lowest BCUT2D eigenvalue weighted by Gasteiger charge is -2.25. The van der Waals surface area contributed by atoms with Gasteiger partial charge in [0.2, 0.25) is 5.91 Å². The maximum Gasteiger partial charge on any atom is 0.268 e. The topological polar surface area (TPSA) is 94.2 Å². The van der Waals surface area contributed by atoms with Gasteiger partial charge in [-0.25, -0.2) is 8.42 Å². The molecule has 3 rings (SSSR count). The van der Waals surface area contributed by atoms with Gasteiger partial charge < -0.3 is 19.5 Å². The highest BCUT2D eigenvalue weighted by atomic mass is 35.5. The fourth-order valence-electron chi connectivity index (χ4n) is 3.37. The third kappa shape index (κ3) is 6.17. The zero-order chi connectivity index (χ0) is 25.6. The van der Waals surface area contributed by atoms with E-state index in [4.69, 9.17) is 25.8 Å². The first kappa shape index (κ1) is 26.2. The minimum atomic E-state index is -4.19. The maximum atomic E-state index is 13.8. The number of carbonyl (C=O) groups excluding carboxylic acids is 1. The molecule has 0 heterocycles. The van der Waals surface area contributed by atoms with Crippen LogP contribution in [0.2, 0.25) is 5.02 Å². The lowest BCUT2D eigenvalue weighted by Crippen LogP contribution is -2.38. The maximum absolute atomic E-state index is 13.8. The number of rotatable bonds is 10. The molecule has 0 atom stereocenters. The third-order valence-electron chi connectivity index (χ3n) is 5.05. The number of methoxy groups -OCH3 is 2. The highest BCUT2D eigenvalue weighted by Gasteiger charge is 2.30. The predicted molar refractivity (Wildman–Crippen MR) is 137 cm³/mol. The van der Waals surface area contributed by atoms with Crippen molar-refractivity contribution in [2.75, 3.05) is 37.0 Å². The molecule has 0 aliphatic heterocycles. The Labute approximate surface area is 210 Å². The van der Waals surface area contributed by atoms with Crippen molar-refractivity contribution in [3.8, 4) is 17.2 Å². The van der Waals surface area contributed by atoms with Gasteiger partial charge in [-0.3, -0.25) is 9.10 Å². The van der Waals surface area contributed by atoms with Gasteiger partial charge in [-0.05, 0) is 74.0 Å². The van der Waals surface area contributed by atoms with Crippen LogP contribution in [0.25, 0.3) is 0 Å². The van der Waals surface area contributed by atoms with Gasteiger partial charge in [-0.2, -0.15) is 0 Å². The second-order valence-corrected chi connectivity index (χ2v) is 9.73. The summed E-state index contributed by atoms with van der Waals surface area (Å²) in [5.74, 6) is 0.651. The van der Waals surface area contributed by atoms with Gasteiger partial charge in [0.15, 0.2) is 0 Å². The van der Waals surface area contributed by atoms with E-state index in [2.05, 4.69) is 5.32 Å². The molecule has 35 heavy (non-hydrogen) atoms. The van der Waals surface area contributed by atoms with Crippen molar-refractivity contribution in [1.29, 1.82) is 0 Å². The van der Waals surface area contributed by atoms with Gasteiger partial charge in [-0.1, -0.05) is 17.7 Å². The van der Waals surface area contributed by atoms with E-state index in [9.17, 15) is 13.2 Å². The first-order valence-corrected chi connectivity index (χ1v) is 12.5. The fraction of sp³-hybridized carbons (Fsp3) is 0.240. The number of ether oxygens (including phenoxy) is 3. The average molecular weight is 519 g/mol. The molecule has 0 radical (unpaired) electrons. The minimum absolute atomic E-state index is 0.0471. The van der Waals surface area contributed by atoms with Crippen LogP contribution in [0.15, 0.2) is 65.6 Å². The third-order valence-corrected chi connectivity index (χ3v) is 7.14. The van der Waals surface area contributed by atoms with Gasteiger partial charge in [0.1, 0.15) is 28.7 Å². The molecule has 0 aromatic heterocycles. The van der Waals surface area contributed by atoms with Crippen LogP contribution < -0.4 is 23.8 Å². The van der Waals surface area contributed by atoms with Crippen molar-refractivity contribution in [3.63, 3.8) is 0 Å². The zero-order valence-electron chi connectivity index (χ0n) is 19.9. The van der Waals surface area contributed by atoms with Crippen molar-refractivity contribution >= 4 is 38.9 Å². The molecule has 1 N–H and O–H groups in total. The number of halogens is 1. The van der Waals surface area contributed by atoms with Gasteiger partial charge >= 0.3 is 0 Å². The second-order valence-electron chi connectivity index (χ2n) is 7.49. The molecule has 8 nitrogen and oxygen atoms in total. The Hall–Kier alpha value is -3.43. The number of amides is 1. The number of nitrogens with one attached hydrogen (secondary N) is 1. The largest absolute Gasteiger partial charge is 0.495 e. The number of sulfonamides is 1. The van der Waals surface area contributed by atoms with Gasteiger partial charge in [0.05, 0.1) is 31.5 Å². The average Bonchev–Trinajstić information content (AvgIpc) is 2.83. The van der Waals surface area contributed by atoms with Crippen molar-refractivity contribution in [2.45, 2.75) is 18.7 Å². The second kappa shape index (κ2) is 11.3. The summed E-state index contributed by atoms with van der Waals surface area (Å²) in [6, 6.07) is 16.1. The van der Waals surface area contributed by atoms with E-state index in [1.165, 1.54) is 26.4 Å². The van der Waals surface area contributed by atoms with Crippen molar-refractivity contribution in [1.82, 2.24) is 0 Å². The van der Waals surface area contributed by atoms with Gasteiger partial charge in [-0.15, -0.1) is 0 Å². The van der Waals surface area contributed by atoms with E-state index in [1.54, 1.807) is 55.5 Å². The minimum Gasteiger partial charge on any atom is -0.495 e. The first-order valence-electron chi connectivity index (χ1n) is 10.7. The Balaban J connectivity index is 1.99. The summed E-state index contributed by atoms with van der Waals surface area (Å²) < 4.78 is 44.5. The van der Waals surface area contributed by atoms with Crippen LogP contribution in [0.4, 0.5) is 11.4 Å². The van der Waals surface area contributed by atoms with Crippen LogP contribution in [-0.2, 0) is 14.8 Å². The fourth-order valence-corrected chi connectivity index (χ4v) is 5.29. The van der Waals surface area contributed by atoms with Gasteiger partial charge in [0.25, 0.3) is 10.0 Å². The Morgan fingerprint density at radius 3 is 2.23 bits per heavy atom. The van der Waals surface area contributed by atoms with E-state index in [0.717, 1.165) is 9.87 Å². The zero-order valence-corrected chi connectivity index (χ0v) is 21.4. The van der Waals surface area contributed by atoms with Gasteiger partial charge in [0, 0.05) is 5.69 Å². The van der Waals surface area contributed by atoms with Crippen molar-refractivity contribution in [2.24, 2.45) is 0 Å². The molecule has 3 aromatic rings. The molecule has 0 aliphatic carbocycles. The number of carbonyl (C=O) groups is 1. The molecule has 3 aromatic carbocycles. The molecular formula is C25H27ClN2O6S. The quantitative estimate of drug-likeness (QED) is 0.410. The van der Waals surface area contributed by atoms with E-state index in [-0.39, 0.29) is 10.6 Å². The van der Waals surface area contributed by atoms with E-state index >= 15 is 0 Å². The lowest BCUT2D eigenvalue weighted by atomic mass is 10.2. The van der Waals surface area contributed by atoms with Crippen LogP contribution in [-0.4, -0.2) is 41.7 Å². The van der Waals surface area contributed by atoms with Crippen LogP contribution in [0.3, 0.4) is 0 Å². The van der Waals surface area contributed by atoms with E-state index in [0.29, 0.717) is 34.5 Å². The Kier molecular flexibility index (Phi) is 8.48. The van der Waals surface area contributed by atoms with Crippen LogP contribution in [0.5, 0.6) is 17.2 Å². The molecule has 0 saturated carbocycles. The standard InChI is InChI=1S/C25H27ClN2O6S/c1-5-34-20-10-8-19(9-11-20)28(35(30,31)24-14-17(2)6-12-23(24)33-4)16-25(29)27-18-7-13-22(32-3)21(26)15-18/h6-15H,5,16H2,1-4H3,(H,27,29). The van der Waals surface area contributed by atoms with E-state index < -0.39 is 22.5 Å². The molecule has 0 spiro atoms. The Morgan fingerprint density at radius 1 is 0.971 bits per heavy atom. The number of anilines is 2. The normalized spacial score (nSPS) is 11.0. The molecule has 0 bridgehead atoms. The summed E-state index contributed by atoms with van der Waals surface area (Å²) in [6.07, 6.45) is 0.